The van der Waals surface area contributed by atoms with Crippen LogP contribution in [-0.4, -0.2) is 9.68 Å². The van der Waals surface area contributed by atoms with Gasteiger partial charge in [-0.25, -0.2) is 0 Å². The van der Waals surface area contributed by atoms with Crippen LogP contribution in [0.5, 0.6) is 0 Å². The van der Waals surface area contributed by atoms with Crippen molar-refractivity contribution in [2.75, 3.05) is 0 Å². The molecular formula is C17H14OSWY-2. The normalized spacial score (nSPS) is 10.6. The van der Waals surface area contributed by atoms with Crippen LogP contribution in [0.25, 0.3) is 10.1 Å². The number of carbonyl (C=O) groups is 1. The largest absolute Gasteiger partial charge is 0 e. The topological polar surface area (TPSA) is 17.1 Å². The minimum atomic E-state index is 0. The molecule has 105 valence electrons. The summed E-state index contributed by atoms with van der Waals surface area (Å²) in [5, 5.41) is 4.13. The molecule has 1 nitrogen and oxygen atoms in total. The zero-order chi connectivity index (χ0) is 14.7. The van der Waals surface area contributed by atoms with Crippen LogP contribution < -0.4 is 0 Å². The zero-order valence-corrected chi connectivity index (χ0v) is 18.6. The van der Waals surface area contributed by atoms with Crippen LogP contribution in [0.1, 0.15) is 29.3 Å². The summed E-state index contributed by atoms with van der Waals surface area (Å²) < 4.78 is 1.87. The number of aryl methyl sites for hydroxylation is 1. The van der Waals surface area contributed by atoms with Gasteiger partial charge in [-0.15, -0.1) is 0 Å². The zero-order valence-electron chi connectivity index (χ0n) is 12.0. The summed E-state index contributed by atoms with van der Waals surface area (Å²) >= 11 is 2.64. The van der Waals surface area contributed by atoms with Gasteiger partial charge in [0, 0.05) is 32.7 Å². The van der Waals surface area contributed by atoms with E-state index < -0.39 is 0 Å². The molecular weight excluding hydrogens is 525 g/mol. The number of fused-ring (bicyclic) bond motifs is 1. The Morgan fingerprint density at radius 2 is 2.14 bits per heavy atom. The average Bonchev–Trinajstić information content (AvgIpc) is 2.86. The van der Waals surface area contributed by atoms with E-state index in [0.717, 1.165) is 45.3 Å². The van der Waals surface area contributed by atoms with Crippen molar-refractivity contribution in [3.05, 3.63) is 59.0 Å². The number of ketones is 1. The maximum Gasteiger partial charge on any atom is 0 e. The van der Waals surface area contributed by atoms with Crippen molar-refractivity contribution in [3.8, 4) is 0 Å². The minimum absolute atomic E-state index is 0. The Morgan fingerprint density at radius 3 is 2.81 bits per heavy atom. The number of hydrogen-bond acceptors (Lipinski definition) is 2. The van der Waals surface area contributed by atoms with Gasteiger partial charge in [-0.1, -0.05) is 0 Å². The van der Waals surface area contributed by atoms with Crippen LogP contribution in [0.2, 0.25) is 0 Å². The van der Waals surface area contributed by atoms with Crippen molar-refractivity contribution in [1.82, 2.24) is 0 Å². The van der Waals surface area contributed by atoms with E-state index in [1.54, 1.807) is 0 Å². The Hall–Kier alpha value is -0.00779. The standard InChI is InChI=1S/C17H14OS.W.Y/c1-4-12(2)6-5-7-16(18)15-11-19-17-10-13(3)8-9-14(15)17;;/h2,5-6,8-10H,4H2,1,3H3;;/q-2;;/b6-5-;;. The average molecular weight is 539 g/mol. The van der Waals surface area contributed by atoms with Gasteiger partial charge in [0.15, 0.2) is 0 Å². The van der Waals surface area contributed by atoms with Crippen LogP contribution in [0.15, 0.2) is 35.9 Å². The van der Waals surface area contributed by atoms with E-state index in [0.29, 0.717) is 5.56 Å². The number of rotatable bonds is 5. The van der Waals surface area contributed by atoms with Gasteiger partial charge in [-0.2, -0.15) is 0 Å². The Bertz CT molecular complexity index is 727. The van der Waals surface area contributed by atoms with E-state index in [-0.39, 0.29) is 38.5 Å². The predicted molar refractivity (Wildman–Crippen MR) is 82.0 cm³/mol. The number of Topliss-reactive ketones (excluding diaryl/α,β-unsaturated/α-hetero) is 1. The van der Waals surface area contributed by atoms with E-state index in [1.807, 2.05) is 38.1 Å². The Balaban J connectivity index is 0.00000220. The smallest absolute Gasteiger partial charge is 0 e. The number of hydrogen-bond donors (Lipinski definition) is 0. The third-order valence-corrected chi connectivity index (χ3v) is 5.00. The van der Waals surface area contributed by atoms with Crippen LogP contribution in [-0.2, 0) is 52.1 Å². The third-order valence-electron chi connectivity index (χ3n) is 2.98. The summed E-state index contributed by atoms with van der Waals surface area (Å²) in [7, 11) is 0. The number of benzene rings is 1. The van der Waals surface area contributed by atoms with Crippen molar-refractivity contribution in [2.24, 2.45) is 0 Å². The van der Waals surface area contributed by atoms with Gasteiger partial charge in [-0.3, -0.25) is 0 Å². The van der Waals surface area contributed by atoms with E-state index in [9.17, 15) is 4.79 Å². The molecule has 0 aliphatic rings. The van der Waals surface area contributed by atoms with Crippen LogP contribution in [0, 0.1) is 18.9 Å². The SMILES string of the molecule is [CH-]=C(/C=C\[C](=[W])C(=O)c1[c-]sc2cc(C)ccc12)CC.[Y]. The molecule has 21 heavy (non-hydrogen) atoms. The molecule has 0 N–H and O–H groups in total. The second kappa shape index (κ2) is 8.58. The molecule has 0 aliphatic heterocycles. The summed E-state index contributed by atoms with van der Waals surface area (Å²) in [6.07, 6.45) is 4.43. The molecule has 0 saturated heterocycles. The first-order valence-corrected chi connectivity index (χ1v) is 8.60. The summed E-state index contributed by atoms with van der Waals surface area (Å²) in [6, 6.07) is 6.12. The van der Waals surface area contributed by atoms with E-state index in [1.165, 1.54) is 16.9 Å². The first kappa shape index (κ1) is 19.0. The van der Waals surface area contributed by atoms with E-state index in [2.05, 4.69) is 11.4 Å². The maximum atomic E-state index is 12.5. The Labute approximate surface area is 165 Å². The number of thiophene rings is 1. The van der Waals surface area contributed by atoms with E-state index >= 15 is 0 Å². The molecule has 0 fully saturated rings. The van der Waals surface area contributed by atoms with Crippen LogP contribution in [0.3, 0.4) is 0 Å². The van der Waals surface area contributed by atoms with Crippen LogP contribution >= 0.6 is 11.3 Å². The van der Waals surface area contributed by atoms with Crippen molar-refractivity contribution in [2.45, 2.75) is 20.3 Å². The molecule has 1 radical (unpaired) electrons. The van der Waals surface area contributed by atoms with Gasteiger partial charge in [0.05, 0.1) is 0 Å². The van der Waals surface area contributed by atoms with Gasteiger partial charge < -0.3 is 0 Å². The molecule has 2 aromatic rings. The summed E-state index contributed by atoms with van der Waals surface area (Å²) in [5.74, 6) is 0.0512. The van der Waals surface area contributed by atoms with Gasteiger partial charge >= 0.3 is 135 Å². The fourth-order valence-corrected chi connectivity index (χ4v) is 3.30. The predicted octanol–water partition coefficient (Wildman–Crippen LogP) is 4.23. The molecule has 0 saturated carbocycles. The van der Waals surface area contributed by atoms with Gasteiger partial charge in [0.2, 0.25) is 0 Å². The minimum Gasteiger partial charge on any atom is 0 e. The number of allylic oxidation sites excluding steroid dienone is 3. The fraction of sp³-hybridized carbons (Fsp3) is 0.176. The van der Waals surface area contributed by atoms with Crippen molar-refractivity contribution < 1.29 is 56.9 Å². The molecule has 0 aliphatic carbocycles. The molecule has 2 rings (SSSR count). The first-order valence-electron chi connectivity index (χ1n) is 6.31. The molecule has 0 amide bonds. The van der Waals surface area contributed by atoms with Crippen LogP contribution in [0.4, 0.5) is 0 Å². The molecule has 0 unspecified atom stereocenters. The van der Waals surface area contributed by atoms with Gasteiger partial charge in [-0.05, 0) is 0 Å². The molecule has 1 aromatic heterocycles. The molecule has 0 spiro atoms. The van der Waals surface area contributed by atoms with E-state index in [4.69, 9.17) is 6.58 Å². The fourth-order valence-electron chi connectivity index (χ4n) is 1.75. The molecule has 1 heterocycles. The second-order valence-electron chi connectivity index (χ2n) is 4.53. The second-order valence-corrected chi connectivity index (χ2v) is 6.96. The van der Waals surface area contributed by atoms with Gasteiger partial charge in [0.25, 0.3) is 0 Å². The third kappa shape index (κ3) is 4.73. The van der Waals surface area contributed by atoms with Gasteiger partial charge in [0.1, 0.15) is 0 Å². The first-order chi connectivity index (χ1) is 9.52. The molecule has 4 heteroatoms. The molecule has 1 aromatic carbocycles. The summed E-state index contributed by atoms with van der Waals surface area (Å²) in [6.45, 7) is 9.80. The summed E-state index contributed by atoms with van der Waals surface area (Å²) in [4.78, 5) is 12.5. The maximum absolute atomic E-state index is 12.5. The van der Waals surface area contributed by atoms with Crippen molar-refractivity contribution >= 4 is 31.1 Å². The molecule has 0 bridgehead atoms. The molecule has 0 atom stereocenters. The number of carbonyl (C=O) groups excluding carboxylic acids is 1. The Kier molecular flexibility index (Phi) is 7.78. The summed E-state index contributed by atoms with van der Waals surface area (Å²) in [5.41, 5.74) is 2.66. The quantitative estimate of drug-likeness (QED) is 0.316. The Morgan fingerprint density at radius 1 is 1.43 bits per heavy atom. The van der Waals surface area contributed by atoms with Crippen molar-refractivity contribution in [1.29, 1.82) is 0 Å². The monoisotopic (exact) mass is 539 g/mol. The van der Waals surface area contributed by atoms with Crippen molar-refractivity contribution in [3.63, 3.8) is 0 Å².